The molecule has 0 amide bonds. The first-order chi connectivity index (χ1) is 10.0. The summed E-state index contributed by atoms with van der Waals surface area (Å²) in [7, 11) is -3.66. The fourth-order valence-corrected chi connectivity index (χ4v) is 3.40. The molecule has 21 heavy (non-hydrogen) atoms. The average Bonchev–Trinajstić information content (AvgIpc) is 2.47. The van der Waals surface area contributed by atoms with Crippen molar-refractivity contribution in [2.45, 2.75) is 31.1 Å². The van der Waals surface area contributed by atoms with Crippen molar-refractivity contribution in [3.05, 3.63) is 59.9 Å². The van der Waals surface area contributed by atoms with Crippen LogP contribution < -0.4 is 4.72 Å². The summed E-state index contributed by atoms with van der Waals surface area (Å²) < 4.78 is 40.3. The van der Waals surface area contributed by atoms with E-state index in [1.165, 1.54) is 24.3 Å². The van der Waals surface area contributed by atoms with E-state index in [1.807, 2.05) is 12.1 Å². The number of benzene rings is 2. The molecular formula is C16H18FNO2S. The summed E-state index contributed by atoms with van der Waals surface area (Å²) >= 11 is 0. The molecule has 0 heterocycles. The first kappa shape index (κ1) is 15.5. The number of halogens is 1. The normalized spacial score (nSPS) is 11.3. The van der Waals surface area contributed by atoms with Gasteiger partial charge in [0.1, 0.15) is 5.82 Å². The van der Waals surface area contributed by atoms with Crippen LogP contribution in [-0.4, -0.2) is 8.42 Å². The zero-order valence-electron chi connectivity index (χ0n) is 11.8. The topological polar surface area (TPSA) is 46.2 Å². The third-order valence-corrected chi connectivity index (χ3v) is 4.64. The van der Waals surface area contributed by atoms with Gasteiger partial charge in [-0.05, 0) is 48.7 Å². The van der Waals surface area contributed by atoms with Crippen LogP contribution in [-0.2, 0) is 16.4 Å². The van der Waals surface area contributed by atoms with E-state index in [0.717, 1.165) is 24.8 Å². The molecular weight excluding hydrogens is 289 g/mol. The number of anilines is 1. The molecule has 5 heteroatoms. The molecule has 0 aliphatic carbocycles. The lowest BCUT2D eigenvalue weighted by atomic mass is 10.1. The maximum Gasteiger partial charge on any atom is 0.262 e. The number of rotatable bonds is 6. The predicted octanol–water partition coefficient (Wildman–Crippen LogP) is 3.97. The van der Waals surface area contributed by atoms with Gasteiger partial charge >= 0.3 is 0 Å². The highest BCUT2D eigenvalue weighted by molar-refractivity contribution is 7.92. The van der Waals surface area contributed by atoms with Crippen LogP contribution in [0.5, 0.6) is 0 Å². The number of nitrogens with one attached hydrogen (secondary N) is 1. The summed E-state index contributed by atoms with van der Waals surface area (Å²) in [4.78, 5) is 0.280. The van der Waals surface area contributed by atoms with Crippen LogP contribution in [0.1, 0.15) is 25.3 Å². The lowest BCUT2D eigenvalue weighted by molar-refractivity contribution is 0.599. The van der Waals surface area contributed by atoms with Gasteiger partial charge in [0.2, 0.25) is 0 Å². The van der Waals surface area contributed by atoms with Gasteiger partial charge in [-0.25, -0.2) is 12.8 Å². The molecule has 0 aliphatic rings. The first-order valence-electron chi connectivity index (χ1n) is 6.89. The predicted molar refractivity (Wildman–Crippen MR) is 82.3 cm³/mol. The second-order valence-electron chi connectivity index (χ2n) is 4.82. The van der Waals surface area contributed by atoms with Gasteiger partial charge in [0, 0.05) is 5.69 Å². The molecule has 1 N–H and O–H groups in total. The van der Waals surface area contributed by atoms with Gasteiger partial charge in [0.25, 0.3) is 10.0 Å². The molecule has 0 unspecified atom stereocenters. The SMILES string of the molecule is CCCCc1ccccc1S(=O)(=O)Nc1ccc(F)cc1. The molecule has 0 atom stereocenters. The Hall–Kier alpha value is -1.88. The van der Waals surface area contributed by atoms with E-state index in [-0.39, 0.29) is 4.90 Å². The van der Waals surface area contributed by atoms with Crippen molar-refractivity contribution in [3.8, 4) is 0 Å². The second kappa shape index (κ2) is 6.72. The Bertz CT molecular complexity index is 696. The van der Waals surface area contributed by atoms with Crippen molar-refractivity contribution < 1.29 is 12.8 Å². The minimum Gasteiger partial charge on any atom is -0.280 e. The van der Waals surface area contributed by atoms with Crippen LogP contribution in [0, 0.1) is 5.82 Å². The maximum atomic E-state index is 12.9. The maximum absolute atomic E-state index is 12.9. The monoisotopic (exact) mass is 307 g/mol. The van der Waals surface area contributed by atoms with Crippen LogP contribution in [0.15, 0.2) is 53.4 Å². The van der Waals surface area contributed by atoms with E-state index in [4.69, 9.17) is 0 Å². The number of hydrogen-bond acceptors (Lipinski definition) is 2. The highest BCUT2D eigenvalue weighted by Gasteiger charge is 2.17. The smallest absolute Gasteiger partial charge is 0.262 e. The molecule has 0 saturated heterocycles. The van der Waals surface area contributed by atoms with E-state index in [0.29, 0.717) is 5.69 Å². The first-order valence-corrected chi connectivity index (χ1v) is 8.37. The van der Waals surface area contributed by atoms with Crippen molar-refractivity contribution in [3.63, 3.8) is 0 Å². The van der Waals surface area contributed by atoms with Crippen molar-refractivity contribution in [1.29, 1.82) is 0 Å². The number of aryl methyl sites for hydroxylation is 1. The Morgan fingerprint density at radius 1 is 1.05 bits per heavy atom. The van der Waals surface area contributed by atoms with Crippen molar-refractivity contribution in [1.82, 2.24) is 0 Å². The van der Waals surface area contributed by atoms with Gasteiger partial charge in [-0.2, -0.15) is 0 Å². The summed E-state index contributed by atoms with van der Waals surface area (Å²) in [6.45, 7) is 2.06. The van der Waals surface area contributed by atoms with Crippen LogP contribution in [0.25, 0.3) is 0 Å². The molecule has 0 radical (unpaired) electrons. The molecule has 2 aromatic carbocycles. The zero-order chi connectivity index (χ0) is 15.3. The highest BCUT2D eigenvalue weighted by Crippen LogP contribution is 2.21. The molecule has 0 saturated carbocycles. The van der Waals surface area contributed by atoms with Gasteiger partial charge in [-0.3, -0.25) is 4.72 Å². The molecule has 112 valence electrons. The highest BCUT2D eigenvalue weighted by atomic mass is 32.2. The number of sulfonamides is 1. The Balaban J connectivity index is 2.29. The van der Waals surface area contributed by atoms with Gasteiger partial charge in [-0.15, -0.1) is 0 Å². The Labute approximate surface area is 124 Å². The summed E-state index contributed by atoms with van der Waals surface area (Å²) in [5.74, 6) is -0.402. The standard InChI is InChI=1S/C16H18FNO2S/c1-2-3-6-13-7-4-5-8-16(13)21(19,20)18-15-11-9-14(17)10-12-15/h4-5,7-12,18H,2-3,6H2,1H3. The second-order valence-corrected chi connectivity index (χ2v) is 6.47. The Morgan fingerprint density at radius 3 is 2.38 bits per heavy atom. The van der Waals surface area contributed by atoms with Crippen LogP contribution in [0.2, 0.25) is 0 Å². The van der Waals surface area contributed by atoms with Gasteiger partial charge in [-0.1, -0.05) is 31.5 Å². The number of hydrogen-bond donors (Lipinski definition) is 1. The molecule has 3 nitrogen and oxygen atoms in total. The third-order valence-electron chi connectivity index (χ3n) is 3.16. The van der Waals surface area contributed by atoms with Crippen molar-refractivity contribution in [2.24, 2.45) is 0 Å². The largest absolute Gasteiger partial charge is 0.280 e. The summed E-state index contributed by atoms with van der Waals surface area (Å²) in [5, 5.41) is 0. The molecule has 0 bridgehead atoms. The summed E-state index contributed by atoms with van der Waals surface area (Å²) in [5.41, 5.74) is 1.15. The molecule has 2 aromatic rings. The van der Waals surface area contributed by atoms with E-state index in [1.54, 1.807) is 12.1 Å². The minimum atomic E-state index is -3.66. The van der Waals surface area contributed by atoms with Gasteiger partial charge in [0.15, 0.2) is 0 Å². The fraction of sp³-hybridized carbons (Fsp3) is 0.250. The zero-order valence-corrected chi connectivity index (χ0v) is 12.7. The quantitative estimate of drug-likeness (QED) is 0.877. The molecule has 0 fully saturated rings. The number of unbranched alkanes of at least 4 members (excludes halogenated alkanes) is 1. The summed E-state index contributed by atoms with van der Waals surface area (Å²) in [6.07, 6.45) is 2.65. The van der Waals surface area contributed by atoms with E-state index in [9.17, 15) is 12.8 Å². The van der Waals surface area contributed by atoms with Crippen LogP contribution >= 0.6 is 0 Å². The average molecular weight is 307 g/mol. The van der Waals surface area contributed by atoms with Crippen LogP contribution in [0.4, 0.5) is 10.1 Å². The lowest BCUT2D eigenvalue weighted by Gasteiger charge is -2.12. The van der Waals surface area contributed by atoms with E-state index in [2.05, 4.69) is 11.6 Å². The molecule has 2 rings (SSSR count). The minimum absolute atomic E-state index is 0.280. The summed E-state index contributed by atoms with van der Waals surface area (Å²) in [6, 6.07) is 12.2. The van der Waals surface area contributed by atoms with Gasteiger partial charge in [0.05, 0.1) is 4.90 Å². The third kappa shape index (κ3) is 4.04. The lowest BCUT2D eigenvalue weighted by Crippen LogP contribution is -2.15. The Morgan fingerprint density at radius 2 is 1.71 bits per heavy atom. The van der Waals surface area contributed by atoms with Gasteiger partial charge < -0.3 is 0 Å². The van der Waals surface area contributed by atoms with E-state index < -0.39 is 15.8 Å². The van der Waals surface area contributed by atoms with Crippen LogP contribution in [0.3, 0.4) is 0 Å². The molecule has 0 aliphatic heterocycles. The molecule has 0 aromatic heterocycles. The Kier molecular flexibility index (Phi) is 4.96. The van der Waals surface area contributed by atoms with Crippen molar-refractivity contribution >= 4 is 15.7 Å². The van der Waals surface area contributed by atoms with E-state index >= 15 is 0 Å². The van der Waals surface area contributed by atoms with Crippen molar-refractivity contribution in [2.75, 3.05) is 4.72 Å². The molecule has 0 spiro atoms. The fourth-order valence-electron chi connectivity index (χ4n) is 2.07.